The van der Waals surface area contributed by atoms with Crippen molar-refractivity contribution in [3.8, 4) is 17.2 Å². The number of aryl methyl sites for hydroxylation is 1. The number of amides is 1. The molecule has 0 atom stereocenters. The van der Waals surface area contributed by atoms with Crippen LogP contribution >= 0.6 is 0 Å². The number of unbranched alkanes of at least 4 members (excludes halogenated alkanes) is 1. The van der Waals surface area contributed by atoms with E-state index in [0.717, 1.165) is 30.6 Å². The molecule has 0 saturated heterocycles. The lowest BCUT2D eigenvalue weighted by Gasteiger charge is -2.12. The molecule has 0 bridgehead atoms. The van der Waals surface area contributed by atoms with Gasteiger partial charge in [-0.2, -0.15) is 0 Å². The number of anilines is 1. The van der Waals surface area contributed by atoms with Crippen molar-refractivity contribution >= 4 is 33.9 Å². The third-order valence-corrected chi connectivity index (χ3v) is 5.62. The number of nitrogens with two attached hydrogens (primary N) is 1. The Morgan fingerprint density at radius 3 is 2.81 bits per heavy atom. The van der Waals surface area contributed by atoms with E-state index in [-0.39, 0.29) is 12.4 Å². The number of nitrogens with zero attached hydrogens (tertiary/aromatic N) is 2. The van der Waals surface area contributed by atoms with Crippen molar-refractivity contribution < 1.29 is 18.7 Å². The molecule has 2 aromatic carbocycles. The highest BCUT2D eigenvalue weighted by Gasteiger charge is 2.21. The largest absolute Gasteiger partial charge is 0.454 e. The van der Waals surface area contributed by atoms with E-state index in [1.54, 1.807) is 13.0 Å². The van der Waals surface area contributed by atoms with Crippen LogP contribution in [0.2, 0.25) is 0 Å². The Hall–Kier alpha value is -4.01. The molecular formula is C23H22N4O5. The van der Waals surface area contributed by atoms with Crippen molar-refractivity contribution in [3.63, 3.8) is 0 Å². The van der Waals surface area contributed by atoms with E-state index in [9.17, 15) is 9.59 Å². The van der Waals surface area contributed by atoms with E-state index in [2.05, 4.69) is 12.2 Å². The summed E-state index contributed by atoms with van der Waals surface area (Å²) in [4.78, 5) is 28.9. The zero-order chi connectivity index (χ0) is 22.4. The van der Waals surface area contributed by atoms with Crippen LogP contribution in [-0.2, 0) is 0 Å². The molecule has 0 fully saturated rings. The monoisotopic (exact) mass is 434 g/mol. The van der Waals surface area contributed by atoms with E-state index >= 15 is 0 Å². The molecule has 0 aliphatic carbocycles. The highest BCUT2D eigenvalue weighted by molar-refractivity contribution is 6.01. The minimum Gasteiger partial charge on any atom is -0.454 e. The van der Waals surface area contributed by atoms with Gasteiger partial charge in [-0.3, -0.25) is 9.36 Å². The lowest BCUT2D eigenvalue weighted by molar-refractivity contribution is 0.0996. The fraction of sp³-hybridized carbons (Fsp3) is 0.261. The molecule has 32 heavy (non-hydrogen) atoms. The Bertz CT molecular complexity index is 1440. The molecule has 9 heteroatoms. The number of imidazole rings is 1. The molecule has 1 aliphatic heterocycles. The zero-order valence-electron chi connectivity index (χ0n) is 17.7. The first-order valence-electron chi connectivity index (χ1n) is 10.4. The van der Waals surface area contributed by atoms with Crippen LogP contribution in [0.4, 0.5) is 5.95 Å². The van der Waals surface area contributed by atoms with Crippen LogP contribution in [0.5, 0.6) is 11.5 Å². The number of benzene rings is 2. The number of nitrogens with one attached hydrogen (secondary N) is 1. The summed E-state index contributed by atoms with van der Waals surface area (Å²) in [6.45, 7) is 4.74. The third kappa shape index (κ3) is 3.13. The van der Waals surface area contributed by atoms with Gasteiger partial charge in [0.1, 0.15) is 11.1 Å². The van der Waals surface area contributed by atoms with E-state index in [1.165, 1.54) is 0 Å². The number of primary amides is 1. The molecule has 3 N–H and O–H groups in total. The number of ether oxygens (including phenoxy) is 2. The van der Waals surface area contributed by atoms with E-state index in [4.69, 9.17) is 24.6 Å². The summed E-state index contributed by atoms with van der Waals surface area (Å²) in [6.07, 6.45) is 2.03. The van der Waals surface area contributed by atoms with Gasteiger partial charge in [0.05, 0.1) is 16.7 Å². The second-order valence-corrected chi connectivity index (χ2v) is 7.68. The standard InChI is InChI=1S/C23H22N4O5/c1-3-4-7-25-23-26-15-9-14-12(2)20(21(24)28)22(29)32-18(14)10-16(15)27(23)13-5-6-17-19(8-13)31-11-30-17/h5-6,8-10H,3-4,7,11H2,1-2H3,(H2,24,28)(H,25,26). The van der Waals surface area contributed by atoms with Gasteiger partial charge in [0.25, 0.3) is 5.91 Å². The zero-order valence-corrected chi connectivity index (χ0v) is 17.7. The average molecular weight is 434 g/mol. The molecule has 0 spiro atoms. The minimum absolute atomic E-state index is 0.145. The minimum atomic E-state index is -0.814. The predicted molar refractivity (Wildman–Crippen MR) is 120 cm³/mol. The van der Waals surface area contributed by atoms with Gasteiger partial charge in [0.2, 0.25) is 12.7 Å². The molecule has 4 aromatic rings. The average Bonchev–Trinajstić information content (AvgIpc) is 3.35. The summed E-state index contributed by atoms with van der Waals surface area (Å²) in [5.74, 6) is 1.17. The topological polar surface area (TPSA) is 122 Å². The van der Waals surface area contributed by atoms with Crippen LogP contribution in [0.25, 0.3) is 27.7 Å². The Balaban J connectivity index is 1.76. The quantitative estimate of drug-likeness (QED) is 0.352. The maximum atomic E-state index is 12.4. The molecular weight excluding hydrogens is 412 g/mol. The van der Waals surface area contributed by atoms with Crippen molar-refractivity contribution in [2.75, 3.05) is 18.7 Å². The number of aromatic nitrogens is 2. The third-order valence-electron chi connectivity index (χ3n) is 5.62. The highest BCUT2D eigenvalue weighted by atomic mass is 16.7. The lowest BCUT2D eigenvalue weighted by atomic mass is 10.1. The number of carbonyl (C=O) groups excluding carboxylic acids is 1. The van der Waals surface area contributed by atoms with Gasteiger partial charge < -0.3 is 24.9 Å². The fourth-order valence-electron chi connectivity index (χ4n) is 3.99. The Morgan fingerprint density at radius 2 is 2.03 bits per heavy atom. The van der Waals surface area contributed by atoms with Gasteiger partial charge in [0, 0.05) is 24.1 Å². The Morgan fingerprint density at radius 1 is 1.22 bits per heavy atom. The van der Waals surface area contributed by atoms with Crippen LogP contribution in [0.1, 0.15) is 35.7 Å². The summed E-state index contributed by atoms with van der Waals surface area (Å²) in [5.41, 5.74) is 7.56. The van der Waals surface area contributed by atoms with Gasteiger partial charge in [-0.15, -0.1) is 0 Å². The van der Waals surface area contributed by atoms with Gasteiger partial charge in [-0.1, -0.05) is 13.3 Å². The second kappa shape index (κ2) is 7.60. The highest BCUT2D eigenvalue weighted by Crippen LogP contribution is 2.36. The van der Waals surface area contributed by atoms with E-state index in [1.807, 2.05) is 28.8 Å². The molecule has 0 unspecified atom stereocenters. The maximum absolute atomic E-state index is 12.4. The molecule has 3 heterocycles. The number of fused-ring (bicyclic) bond motifs is 3. The maximum Gasteiger partial charge on any atom is 0.349 e. The summed E-state index contributed by atoms with van der Waals surface area (Å²) in [7, 11) is 0. The molecule has 164 valence electrons. The first-order valence-corrected chi connectivity index (χ1v) is 10.4. The smallest absolute Gasteiger partial charge is 0.349 e. The molecule has 9 nitrogen and oxygen atoms in total. The van der Waals surface area contributed by atoms with Crippen molar-refractivity contribution in [2.24, 2.45) is 5.73 Å². The van der Waals surface area contributed by atoms with Crippen LogP contribution < -0.4 is 26.1 Å². The van der Waals surface area contributed by atoms with Gasteiger partial charge in [-0.25, -0.2) is 9.78 Å². The second-order valence-electron chi connectivity index (χ2n) is 7.68. The number of hydrogen-bond acceptors (Lipinski definition) is 7. The Kier molecular flexibility index (Phi) is 4.73. The van der Waals surface area contributed by atoms with Gasteiger partial charge in [-0.05, 0) is 37.1 Å². The number of hydrogen-bond donors (Lipinski definition) is 2. The normalized spacial score (nSPS) is 12.6. The Labute approximate surface area is 182 Å². The molecule has 1 aliphatic rings. The summed E-state index contributed by atoms with van der Waals surface area (Å²) in [6, 6.07) is 9.22. The fourth-order valence-corrected chi connectivity index (χ4v) is 3.99. The molecule has 0 saturated carbocycles. The van der Waals surface area contributed by atoms with Crippen LogP contribution in [-0.4, -0.2) is 28.8 Å². The first kappa shape index (κ1) is 19.9. The number of rotatable bonds is 6. The lowest BCUT2D eigenvalue weighted by Crippen LogP contribution is -2.22. The van der Waals surface area contributed by atoms with Gasteiger partial charge >= 0.3 is 5.63 Å². The van der Waals surface area contributed by atoms with E-state index < -0.39 is 11.5 Å². The molecule has 2 aromatic heterocycles. The van der Waals surface area contributed by atoms with E-state index in [0.29, 0.717) is 39.5 Å². The van der Waals surface area contributed by atoms with Crippen LogP contribution in [0.15, 0.2) is 39.5 Å². The van der Waals surface area contributed by atoms with Crippen LogP contribution in [0, 0.1) is 6.92 Å². The van der Waals surface area contributed by atoms with Gasteiger partial charge in [0.15, 0.2) is 11.5 Å². The van der Waals surface area contributed by atoms with Crippen molar-refractivity contribution in [1.29, 1.82) is 0 Å². The first-order chi connectivity index (χ1) is 15.5. The summed E-state index contributed by atoms with van der Waals surface area (Å²) < 4.78 is 18.4. The SMILES string of the molecule is CCCCNc1nc2cc3c(C)c(C(N)=O)c(=O)oc3cc2n1-c1ccc2c(c1)OCO2. The molecule has 5 rings (SSSR count). The van der Waals surface area contributed by atoms with Crippen molar-refractivity contribution in [1.82, 2.24) is 9.55 Å². The molecule has 1 amide bonds. The summed E-state index contributed by atoms with van der Waals surface area (Å²) >= 11 is 0. The van der Waals surface area contributed by atoms with Crippen LogP contribution in [0.3, 0.4) is 0 Å². The molecule has 0 radical (unpaired) electrons. The van der Waals surface area contributed by atoms with Crippen molar-refractivity contribution in [3.05, 3.63) is 51.9 Å². The van der Waals surface area contributed by atoms with Crippen molar-refractivity contribution in [2.45, 2.75) is 26.7 Å². The number of carbonyl (C=O) groups is 1. The summed E-state index contributed by atoms with van der Waals surface area (Å²) in [5, 5.41) is 4.01. The predicted octanol–water partition coefficient (Wildman–Crippen LogP) is 3.48.